The number of nitrogens with one attached hydrogen (secondary N) is 2. The lowest BCUT2D eigenvalue weighted by molar-refractivity contribution is -0.862. The summed E-state index contributed by atoms with van der Waals surface area (Å²) in [6, 6.07) is 10.9. The van der Waals surface area contributed by atoms with Gasteiger partial charge >= 0.3 is 0 Å². The maximum atomic E-state index is 12.6. The largest absolute Gasteiger partial charge is 0.329 e. The van der Waals surface area contributed by atoms with E-state index >= 15 is 0 Å². The topological polar surface area (TPSA) is 53.9 Å². The molecule has 138 valence electrons. The van der Waals surface area contributed by atoms with Crippen molar-refractivity contribution in [2.45, 2.75) is 6.54 Å². The third-order valence-electron chi connectivity index (χ3n) is 3.67. The number of benzene rings is 1. The molecule has 0 fully saturated rings. The van der Waals surface area contributed by atoms with Crippen LogP contribution in [-0.4, -0.2) is 43.4 Å². The molecule has 1 heterocycles. The first-order chi connectivity index (χ1) is 12.5. The highest BCUT2D eigenvalue weighted by Crippen LogP contribution is 2.13. The van der Waals surface area contributed by atoms with Gasteiger partial charge in [-0.05, 0) is 35.7 Å². The van der Waals surface area contributed by atoms with E-state index in [-0.39, 0.29) is 24.9 Å². The number of anilines is 1. The molecular weight excluding hydrogens is 370 g/mol. The van der Waals surface area contributed by atoms with Gasteiger partial charge < -0.3 is 15.1 Å². The van der Waals surface area contributed by atoms with E-state index in [9.17, 15) is 9.59 Å². The summed E-state index contributed by atoms with van der Waals surface area (Å²) in [5, 5.41) is 5.41. The van der Waals surface area contributed by atoms with Crippen molar-refractivity contribution in [3.63, 3.8) is 0 Å². The molecule has 2 amide bonds. The summed E-state index contributed by atoms with van der Waals surface area (Å²) in [4.78, 5) is 28.4. The van der Waals surface area contributed by atoms with Crippen LogP contribution in [0.15, 0.2) is 54.4 Å². The summed E-state index contributed by atoms with van der Waals surface area (Å²) in [5.74, 6) is -0.152. The molecule has 1 atom stereocenters. The van der Waals surface area contributed by atoms with Crippen LogP contribution in [0.25, 0.3) is 0 Å². The van der Waals surface area contributed by atoms with Gasteiger partial charge in [0.25, 0.3) is 11.8 Å². The van der Waals surface area contributed by atoms with Gasteiger partial charge in [-0.1, -0.05) is 23.7 Å². The number of carbonyl (C=O) groups excluding carboxylic acids is 2. The number of amides is 2. The first-order valence-electron chi connectivity index (χ1n) is 8.25. The summed E-state index contributed by atoms with van der Waals surface area (Å²) in [6.45, 7) is 5.22. The molecule has 5 nitrogen and oxygen atoms in total. The normalized spacial score (nSPS) is 11.6. The van der Waals surface area contributed by atoms with E-state index in [1.54, 1.807) is 46.6 Å². The smallest absolute Gasteiger partial charge is 0.279 e. The number of thiophene rings is 1. The van der Waals surface area contributed by atoms with Crippen LogP contribution in [0.4, 0.5) is 5.69 Å². The lowest BCUT2D eigenvalue weighted by Gasteiger charge is -2.22. The molecule has 0 aliphatic heterocycles. The Hall–Kier alpha value is -2.15. The monoisotopic (exact) mass is 392 g/mol. The first-order valence-corrected chi connectivity index (χ1v) is 9.51. The molecule has 0 aliphatic carbocycles. The molecule has 26 heavy (non-hydrogen) atoms. The molecule has 2 rings (SSSR count). The maximum absolute atomic E-state index is 12.6. The zero-order chi connectivity index (χ0) is 18.9. The van der Waals surface area contributed by atoms with Gasteiger partial charge in [0, 0.05) is 22.1 Å². The van der Waals surface area contributed by atoms with Gasteiger partial charge in [-0.3, -0.25) is 9.59 Å². The predicted octanol–water partition coefficient (Wildman–Crippen LogP) is 2.07. The minimum absolute atomic E-state index is 0.00454. The Labute approximate surface area is 162 Å². The molecule has 1 aromatic heterocycles. The predicted molar refractivity (Wildman–Crippen MR) is 107 cm³/mol. The van der Waals surface area contributed by atoms with E-state index in [0.29, 0.717) is 23.8 Å². The molecule has 0 radical (unpaired) electrons. The van der Waals surface area contributed by atoms with Crippen molar-refractivity contribution in [3.8, 4) is 0 Å². The molecule has 7 heteroatoms. The fourth-order valence-corrected chi connectivity index (χ4v) is 3.29. The number of hydrogen-bond acceptors (Lipinski definition) is 3. The molecule has 0 saturated carbocycles. The maximum Gasteiger partial charge on any atom is 0.279 e. The Morgan fingerprint density at radius 2 is 2.00 bits per heavy atom. The Bertz CT molecular complexity index is 732. The minimum Gasteiger partial charge on any atom is -0.329 e. The van der Waals surface area contributed by atoms with Crippen molar-refractivity contribution < 1.29 is 14.5 Å². The Morgan fingerprint density at radius 1 is 1.27 bits per heavy atom. The second-order valence-corrected chi connectivity index (χ2v) is 7.48. The van der Waals surface area contributed by atoms with Crippen LogP contribution in [0.1, 0.15) is 4.88 Å². The average Bonchev–Trinajstić information content (AvgIpc) is 3.09. The van der Waals surface area contributed by atoms with Gasteiger partial charge in [0.05, 0.1) is 13.6 Å². The quantitative estimate of drug-likeness (QED) is 0.642. The van der Waals surface area contributed by atoms with Gasteiger partial charge in [-0.2, -0.15) is 0 Å². The lowest BCUT2D eigenvalue weighted by atomic mass is 10.3. The van der Waals surface area contributed by atoms with Crippen LogP contribution >= 0.6 is 22.9 Å². The standard InChI is InChI=1S/C19H22ClN3O2S/c1-3-10-23(12-17-5-4-11-26-17)19(25)14-22(2)13-18(24)21-16-8-6-15(20)7-9-16/h3-9,11H,1,10,12-14H2,2H3,(H,21,24)/p+1. The zero-order valence-corrected chi connectivity index (χ0v) is 16.3. The van der Waals surface area contributed by atoms with Crippen LogP contribution < -0.4 is 10.2 Å². The Balaban J connectivity index is 1.84. The van der Waals surface area contributed by atoms with Crippen molar-refractivity contribution in [3.05, 3.63) is 64.3 Å². The third kappa shape index (κ3) is 6.63. The van der Waals surface area contributed by atoms with E-state index in [1.165, 1.54) is 0 Å². The Kier molecular flexibility index (Phi) is 7.84. The molecule has 0 saturated heterocycles. The van der Waals surface area contributed by atoms with E-state index in [4.69, 9.17) is 11.6 Å². The van der Waals surface area contributed by atoms with Gasteiger partial charge in [-0.15, -0.1) is 17.9 Å². The summed E-state index contributed by atoms with van der Waals surface area (Å²) < 4.78 is 0. The van der Waals surface area contributed by atoms with Crippen LogP contribution in [0, 0.1) is 0 Å². The summed E-state index contributed by atoms with van der Waals surface area (Å²) >= 11 is 7.45. The summed E-state index contributed by atoms with van der Waals surface area (Å²) in [6.07, 6.45) is 1.72. The number of halogens is 1. The van der Waals surface area contributed by atoms with Gasteiger partial charge in [0.2, 0.25) is 0 Å². The molecule has 0 aliphatic rings. The van der Waals surface area contributed by atoms with Crippen molar-refractivity contribution in [1.82, 2.24) is 4.90 Å². The summed E-state index contributed by atoms with van der Waals surface area (Å²) in [7, 11) is 1.83. The highest BCUT2D eigenvalue weighted by atomic mass is 35.5. The summed E-state index contributed by atoms with van der Waals surface area (Å²) in [5.41, 5.74) is 0.685. The fourth-order valence-electron chi connectivity index (χ4n) is 2.45. The number of quaternary nitrogens is 1. The second kappa shape index (κ2) is 10.1. The van der Waals surface area contributed by atoms with Crippen molar-refractivity contribution in [1.29, 1.82) is 0 Å². The van der Waals surface area contributed by atoms with Crippen LogP contribution in [0.2, 0.25) is 5.02 Å². The highest BCUT2D eigenvalue weighted by molar-refractivity contribution is 7.09. The van der Waals surface area contributed by atoms with Crippen molar-refractivity contribution in [2.24, 2.45) is 0 Å². The van der Waals surface area contributed by atoms with Gasteiger partial charge in [0.1, 0.15) is 0 Å². The number of nitrogens with zero attached hydrogens (tertiary/aromatic N) is 1. The van der Waals surface area contributed by atoms with Crippen LogP contribution in [0.3, 0.4) is 0 Å². The highest BCUT2D eigenvalue weighted by Gasteiger charge is 2.19. The van der Waals surface area contributed by atoms with Crippen molar-refractivity contribution in [2.75, 3.05) is 32.0 Å². The molecular formula is C19H23ClN3O2S+. The Morgan fingerprint density at radius 3 is 2.62 bits per heavy atom. The number of carbonyl (C=O) groups is 2. The van der Waals surface area contributed by atoms with E-state index in [2.05, 4.69) is 11.9 Å². The van der Waals surface area contributed by atoms with E-state index in [1.807, 2.05) is 24.6 Å². The van der Waals surface area contributed by atoms with Crippen LogP contribution in [0.5, 0.6) is 0 Å². The van der Waals surface area contributed by atoms with E-state index < -0.39 is 0 Å². The molecule has 0 spiro atoms. The van der Waals surface area contributed by atoms with Crippen LogP contribution in [-0.2, 0) is 16.1 Å². The van der Waals surface area contributed by atoms with Gasteiger partial charge in [-0.25, -0.2) is 0 Å². The molecule has 2 aromatic rings. The SMILES string of the molecule is C=CCN(Cc1cccs1)C(=O)C[NH+](C)CC(=O)Nc1ccc(Cl)cc1. The second-order valence-electron chi connectivity index (χ2n) is 6.01. The average molecular weight is 393 g/mol. The van der Waals surface area contributed by atoms with Crippen molar-refractivity contribution >= 4 is 40.4 Å². The number of likely N-dealkylation sites (N-methyl/N-ethyl adjacent to an activating group) is 1. The lowest BCUT2D eigenvalue weighted by Crippen LogP contribution is -3.11. The fraction of sp³-hybridized carbons (Fsp3) is 0.263. The zero-order valence-electron chi connectivity index (χ0n) is 14.7. The number of rotatable bonds is 9. The molecule has 1 aromatic carbocycles. The van der Waals surface area contributed by atoms with E-state index in [0.717, 1.165) is 9.78 Å². The van der Waals surface area contributed by atoms with Gasteiger partial charge in [0.15, 0.2) is 13.1 Å². The molecule has 2 N–H and O–H groups in total. The number of hydrogen-bond donors (Lipinski definition) is 2. The molecule has 0 bridgehead atoms. The molecule has 1 unspecified atom stereocenters. The first kappa shape index (κ1) is 20.2. The minimum atomic E-state index is -0.147. The third-order valence-corrected chi connectivity index (χ3v) is 4.79.